The first-order chi connectivity index (χ1) is 6.31. The second-order valence-electron chi connectivity index (χ2n) is 2.52. The Morgan fingerprint density at radius 3 is 3.00 bits per heavy atom. The molecule has 13 heavy (non-hydrogen) atoms. The van der Waals surface area contributed by atoms with Crippen molar-refractivity contribution in [2.45, 2.75) is 0 Å². The van der Waals surface area contributed by atoms with Crippen LogP contribution in [0.15, 0.2) is 28.9 Å². The molecule has 0 saturated carbocycles. The van der Waals surface area contributed by atoms with E-state index < -0.39 is 0 Å². The van der Waals surface area contributed by atoms with Crippen LogP contribution in [-0.4, -0.2) is 16.3 Å². The highest BCUT2D eigenvalue weighted by atomic mass is 79.9. The summed E-state index contributed by atoms with van der Waals surface area (Å²) < 4.78 is 0.871. The van der Waals surface area contributed by atoms with Crippen LogP contribution in [0, 0.1) is 0 Å². The number of aldehydes is 1. The Morgan fingerprint density at radius 2 is 2.23 bits per heavy atom. The summed E-state index contributed by atoms with van der Waals surface area (Å²) in [6.45, 7) is 0. The molecule has 0 bridgehead atoms. The van der Waals surface area contributed by atoms with Crippen LogP contribution in [-0.2, 0) is 0 Å². The standard InChI is InChI=1S/C9H5BrN2O/c10-7-3-1-2-6-4-11-8(5-13)12-9(6)7/h1-5H. The van der Waals surface area contributed by atoms with E-state index in [-0.39, 0.29) is 5.82 Å². The minimum Gasteiger partial charge on any atom is -0.294 e. The smallest absolute Gasteiger partial charge is 0.193 e. The van der Waals surface area contributed by atoms with Crippen molar-refractivity contribution < 1.29 is 4.79 Å². The molecule has 3 nitrogen and oxygen atoms in total. The minimum absolute atomic E-state index is 0.208. The summed E-state index contributed by atoms with van der Waals surface area (Å²) in [4.78, 5) is 18.4. The van der Waals surface area contributed by atoms with E-state index >= 15 is 0 Å². The van der Waals surface area contributed by atoms with Crippen molar-refractivity contribution in [2.75, 3.05) is 0 Å². The number of rotatable bonds is 1. The molecule has 0 spiro atoms. The predicted molar refractivity (Wildman–Crippen MR) is 52.6 cm³/mol. The Labute approximate surface area is 82.9 Å². The minimum atomic E-state index is 0.208. The molecule has 1 aromatic heterocycles. The predicted octanol–water partition coefficient (Wildman–Crippen LogP) is 2.20. The van der Waals surface area contributed by atoms with Crippen molar-refractivity contribution in [3.05, 3.63) is 34.7 Å². The summed E-state index contributed by atoms with van der Waals surface area (Å²) in [6, 6.07) is 5.68. The van der Waals surface area contributed by atoms with Crippen molar-refractivity contribution in [2.24, 2.45) is 0 Å². The van der Waals surface area contributed by atoms with Crippen LogP contribution in [0.2, 0.25) is 0 Å². The van der Waals surface area contributed by atoms with Gasteiger partial charge in [0.05, 0.1) is 5.52 Å². The number of hydrogen-bond donors (Lipinski definition) is 0. The average molecular weight is 237 g/mol. The first-order valence-corrected chi connectivity index (χ1v) is 4.47. The number of hydrogen-bond acceptors (Lipinski definition) is 3. The Bertz CT molecular complexity index is 470. The van der Waals surface area contributed by atoms with Gasteiger partial charge in [0.1, 0.15) is 0 Å². The van der Waals surface area contributed by atoms with Gasteiger partial charge in [-0.15, -0.1) is 0 Å². The first-order valence-electron chi connectivity index (χ1n) is 3.68. The van der Waals surface area contributed by atoms with E-state index in [1.54, 1.807) is 6.20 Å². The zero-order chi connectivity index (χ0) is 9.26. The van der Waals surface area contributed by atoms with Gasteiger partial charge in [-0.1, -0.05) is 12.1 Å². The Kier molecular flexibility index (Phi) is 2.06. The van der Waals surface area contributed by atoms with E-state index in [1.807, 2.05) is 18.2 Å². The number of carbonyl (C=O) groups is 1. The number of halogens is 1. The average Bonchev–Trinajstić information content (AvgIpc) is 2.18. The van der Waals surface area contributed by atoms with Gasteiger partial charge in [0.2, 0.25) is 0 Å². The molecule has 0 aliphatic carbocycles. The molecule has 2 rings (SSSR count). The van der Waals surface area contributed by atoms with Gasteiger partial charge >= 0.3 is 0 Å². The molecule has 0 radical (unpaired) electrons. The topological polar surface area (TPSA) is 42.9 Å². The summed E-state index contributed by atoms with van der Waals surface area (Å²) >= 11 is 3.35. The second-order valence-corrected chi connectivity index (χ2v) is 3.38. The number of aromatic nitrogens is 2. The molecule has 1 aromatic carbocycles. The summed E-state index contributed by atoms with van der Waals surface area (Å²) in [5.74, 6) is 0.208. The molecule has 2 aromatic rings. The lowest BCUT2D eigenvalue weighted by molar-refractivity contribution is 0.111. The highest BCUT2D eigenvalue weighted by molar-refractivity contribution is 9.10. The number of nitrogens with zero attached hydrogens (tertiary/aromatic N) is 2. The van der Waals surface area contributed by atoms with E-state index in [4.69, 9.17) is 0 Å². The van der Waals surface area contributed by atoms with E-state index in [0.29, 0.717) is 6.29 Å². The van der Waals surface area contributed by atoms with Gasteiger partial charge in [0.15, 0.2) is 12.1 Å². The molecule has 0 N–H and O–H groups in total. The van der Waals surface area contributed by atoms with Crippen LogP contribution in [0.5, 0.6) is 0 Å². The zero-order valence-electron chi connectivity index (χ0n) is 6.57. The third-order valence-corrected chi connectivity index (χ3v) is 2.33. The fourth-order valence-corrected chi connectivity index (χ4v) is 1.56. The quantitative estimate of drug-likeness (QED) is 0.714. The lowest BCUT2D eigenvalue weighted by atomic mass is 10.2. The van der Waals surface area contributed by atoms with Crippen molar-refractivity contribution in [3.8, 4) is 0 Å². The summed E-state index contributed by atoms with van der Waals surface area (Å²) in [6.07, 6.45) is 2.27. The van der Waals surface area contributed by atoms with Crippen LogP contribution in [0.3, 0.4) is 0 Å². The van der Waals surface area contributed by atoms with Crippen molar-refractivity contribution in [1.29, 1.82) is 0 Å². The summed E-state index contributed by atoms with van der Waals surface area (Å²) in [7, 11) is 0. The Hall–Kier alpha value is -1.29. The lowest BCUT2D eigenvalue weighted by Crippen LogP contribution is -1.92. The zero-order valence-corrected chi connectivity index (χ0v) is 8.15. The van der Waals surface area contributed by atoms with E-state index in [1.165, 1.54) is 0 Å². The third-order valence-electron chi connectivity index (χ3n) is 1.69. The SMILES string of the molecule is O=Cc1ncc2cccc(Br)c2n1. The van der Waals surface area contributed by atoms with Crippen LogP contribution in [0.25, 0.3) is 10.9 Å². The van der Waals surface area contributed by atoms with Gasteiger partial charge < -0.3 is 0 Å². The van der Waals surface area contributed by atoms with E-state index in [0.717, 1.165) is 15.4 Å². The molecule has 0 atom stereocenters. The van der Waals surface area contributed by atoms with E-state index in [2.05, 4.69) is 25.9 Å². The maximum Gasteiger partial charge on any atom is 0.193 e. The van der Waals surface area contributed by atoms with E-state index in [9.17, 15) is 4.79 Å². The van der Waals surface area contributed by atoms with Gasteiger partial charge in [-0.25, -0.2) is 9.97 Å². The maximum atomic E-state index is 10.4. The molecule has 0 amide bonds. The van der Waals surface area contributed by atoms with Crippen molar-refractivity contribution in [1.82, 2.24) is 9.97 Å². The second kappa shape index (κ2) is 3.22. The van der Waals surface area contributed by atoms with Crippen molar-refractivity contribution in [3.63, 3.8) is 0 Å². The lowest BCUT2D eigenvalue weighted by Gasteiger charge is -1.98. The fraction of sp³-hybridized carbons (Fsp3) is 0. The number of benzene rings is 1. The third kappa shape index (κ3) is 1.45. The first kappa shape index (κ1) is 8.31. The fourth-order valence-electron chi connectivity index (χ4n) is 1.09. The highest BCUT2D eigenvalue weighted by Crippen LogP contribution is 2.20. The molecular formula is C9H5BrN2O. The van der Waals surface area contributed by atoms with Crippen LogP contribution >= 0.6 is 15.9 Å². The largest absolute Gasteiger partial charge is 0.294 e. The molecule has 0 fully saturated rings. The molecular weight excluding hydrogens is 232 g/mol. The monoisotopic (exact) mass is 236 g/mol. The molecule has 64 valence electrons. The number of fused-ring (bicyclic) bond motifs is 1. The molecule has 0 aliphatic rings. The molecule has 4 heteroatoms. The summed E-state index contributed by atoms with van der Waals surface area (Å²) in [5.41, 5.74) is 0.764. The van der Waals surface area contributed by atoms with Crippen LogP contribution < -0.4 is 0 Å². The Morgan fingerprint density at radius 1 is 1.38 bits per heavy atom. The summed E-state index contributed by atoms with van der Waals surface area (Å²) in [5, 5.41) is 0.917. The number of para-hydroxylation sites is 1. The van der Waals surface area contributed by atoms with Gasteiger partial charge in [-0.05, 0) is 22.0 Å². The Balaban J connectivity index is 2.81. The van der Waals surface area contributed by atoms with Gasteiger partial charge in [0, 0.05) is 16.1 Å². The van der Waals surface area contributed by atoms with Gasteiger partial charge in [0.25, 0.3) is 0 Å². The normalized spacial score (nSPS) is 10.2. The molecule has 0 aliphatic heterocycles. The maximum absolute atomic E-state index is 10.4. The molecule has 0 unspecified atom stereocenters. The van der Waals surface area contributed by atoms with Crippen LogP contribution in [0.1, 0.15) is 10.6 Å². The van der Waals surface area contributed by atoms with Gasteiger partial charge in [-0.3, -0.25) is 4.79 Å². The highest BCUT2D eigenvalue weighted by Gasteiger charge is 2.01. The number of carbonyl (C=O) groups excluding carboxylic acids is 1. The molecule has 1 heterocycles. The van der Waals surface area contributed by atoms with Crippen LogP contribution in [0.4, 0.5) is 0 Å². The molecule has 0 saturated heterocycles. The van der Waals surface area contributed by atoms with Gasteiger partial charge in [-0.2, -0.15) is 0 Å². The van der Waals surface area contributed by atoms with Crippen molar-refractivity contribution >= 4 is 33.1 Å².